The van der Waals surface area contributed by atoms with Crippen molar-refractivity contribution in [3.8, 4) is 11.3 Å². The van der Waals surface area contributed by atoms with Crippen LogP contribution in [0.4, 0.5) is 13.2 Å². The lowest BCUT2D eigenvalue weighted by atomic mass is 10.1. The van der Waals surface area contributed by atoms with Crippen LogP contribution in [0.2, 0.25) is 0 Å². The summed E-state index contributed by atoms with van der Waals surface area (Å²) in [7, 11) is 0. The number of thiazole rings is 1. The average molecular weight is 474 g/mol. The number of benzene rings is 2. The van der Waals surface area contributed by atoms with Crippen LogP contribution in [0.5, 0.6) is 0 Å². The molecule has 0 spiro atoms. The molecule has 0 radical (unpaired) electrons. The van der Waals surface area contributed by atoms with E-state index in [2.05, 4.69) is 5.32 Å². The van der Waals surface area contributed by atoms with Crippen molar-refractivity contribution < 1.29 is 18.0 Å². The molecule has 1 amide bonds. The van der Waals surface area contributed by atoms with E-state index in [0.29, 0.717) is 31.6 Å². The molecule has 1 aliphatic rings. The third kappa shape index (κ3) is 6.21. The number of hydrogen-bond acceptors (Lipinski definition) is 4. The van der Waals surface area contributed by atoms with Gasteiger partial charge in [-0.1, -0.05) is 48.5 Å². The Labute approximate surface area is 195 Å². The van der Waals surface area contributed by atoms with Crippen molar-refractivity contribution >= 4 is 17.2 Å². The van der Waals surface area contributed by atoms with Crippen LogP contribution in [-0.2, 0) is 23.9 Å². The Morgan fingerprint density at radius 1 is 1.12 bits per heavy atom. The average Bonchev–Trinajstić information content (AvgIpc) is 3.42. The second-order valence-electron chi connectivity index (χ2n) is 8.19. The van der Waals surface area contributed by atoms with Crippen LogP contribution in [0, 0.1) is 0 Å². The van der Waals surface area contributed by atoms with Gasteiger partial charge in [0.1, 0.15) is 0 Å². The molecule has 1 aromatic heterocycles. The summed E-state index contributed by atoms with van der Waals surface area (Å²) < 4.78 is 38.6. The van der Waals surface area contributed by atoms with E-state index in [4.69, 9.17) is 4.98 Å². The van der Waals surface area contributed by atoms with Crippen molar-refractivity contribution in [1.29, 1.82) is 0 Å². The molecule has 2 heterocycles. The topological polar surface area (TPSA) is 45.2 Å². The molecular formula is C25H26F3N3OS. The van der Waals surface area contributed by atoms with Gasteiger partial charge in [0.2, 0.25) is 5.91 Å². The summed E-state index contributed by atoms with van der Waals surface area (Å²) >= 11 is 1.61. The maximum Gasteiger partial charge on any atom is 0.416 e. The Bertz CT molecular complexity index is 1070. The molecular weight excluding hydrogens is 447 g/mol. The first-order valence-electron chi connectivity index (χ1n) is 11.1. The predicted octanol–water partition coefficient (Wildman–Crippen LogP) is 5.54. The van der Waals surface area contributed by atoms with Gasteiger partial charge in [0.15, 0.2) is 0 Å². The summed E-state index contributed by atoms with van der Waals surface area (Å²) in [5.41, 5.74) is 2.01. The van der Waals surface area contributed by atoms with Gasteiger partial charge in [-0.25, -0.2) is 4.98 Å². The van der Waals surface area contributed by atoms with E-state index in [1.54, 1.807) is 17.4 Å². The summed E-state index contributed by atoms with van der Waals surface area (Å²) in [6, 6.07) is 15.5. The van der Waals surface area contributed by atoms with Gasteiger partial charge < -0.3 is 10.2 Å². The van der Waals surface area contributed by atoms with Crippen LogP contribution in [0.3, 0.4) is 0 Å². The summed E-state index contributed by atoms with van der Waals surface area (Å²) in [5.74, 6) is 0.165. The van der Waals surface area contributed by atoms with Gasteiger partial charge in [-0.3, -0.25) is 4.79 Å². The minimum Gasteiger partial charge on any atom is -0.339 e. The Balaban J connectivity index is 1.25. The zero-order valence-corrected chi connectivity index (χ0v) is 19.0. The second-order valence-corrected chi connectivity index (χ2v) is 9.13. The minimum atomic E-state index is -4.33. The van der Waals surface area contributed by atoms with E-state index < -0.39 is 11.7 Å². The second kappa shape index (κ2) is 10.5. The molecule has 2 aromatic carbocycles. The number of carbonyl (C=O) groups is 1. The van der Waals surface area contributed by atoms with Crippen LogP contribution in [-0.4, -0.2) is 34.9 Å². The van der Waals surface area contributed by atoms with Crippen molar-refractivity contribution in [3.05, 3.63) is 76.1 Å². The zero-order valence-electron chi connectivity index (χ0n) is 18.1. The molecule has 3 aromatic rings. The normalized spacial score (nSPS) is 16.5. The van der Waals surface area contributed by atoms with Crippen molar-refractivity contribution in [2.45, 2.75) is 44.4 Å². The third-order valence-electron chi connectivity index (χ3n) is 5.88. The largest absolute Gasteiger partial charge is 0.416 e. The van der Waals surface area contributed by atoms with Gasteiger partial charge in [0.25, 0.3) is 0 Å². The molecule has 33 heavy (non-hydrogen) atoms. The first kappa shape index (κ1) is 23.4. The van der Waals surface area contributed by atoms with Crippen LogP contribution in [0.15, 0.2) is 60.0 Å². The van der Waals surface area contributed by atoms with E-state index >= 15 is 0 Å². The molecule has 0 aliphatic carbocycles. The van der Waals surface area contributed by atoms with Gasteiger partial charge in [-0.15, -0.1) is 11.3 Å². The maximum atomic E-state index is 12.9. The van der Waals surface area contributed by atoms with Crippen molar-refractivity contribution in [1.82, 2.24) is 15.2 Å². The van der Waals surface area contributed by atoms with E-state index in [-0.39, 0.29) is 11.9 Å². The highest BCUT2D eigenvalue weighted by molar-refractivity contribution is 7.09. The Morgan fingerprint density at radius 3 is 2.73 bits per heavy atom. The highest BCUT2D eigenvalue weighted by Crippen LogP contribution is 2.29. The highest BCUT2D eigenvalue weighted by Gasteiger charge is 2.31. The first-order valence-corrected chi connectivity index (χ1v) is 11.9. The quantitative estimate of drug-likeness (QED) is 0.415. The lowest BCUT2D eigenvalue weighted by molar-refractivity contribution is -0.137. The van der Waals surface area contributed by atoms with E-state index in [1.807, 2.05) is 40.6 Å². The number of amides is 1. The Kier molecular flexibility index (Phi) is 7.45. The molecule has 174 valence electrons. The molecule has 1 saturated heterocycles. The molecule has 1 N–H and O–H groups in total. The van der Waals surface area contributed by atoms with Crippen molar-refractivity contribution in [3.63, 3.8) is 0 Å². The zero-order chi connectivity index (χ0) is 23.3. The van der Waals surface area contributed by atoms with E-state index in [9.17, 15) is 18.0 Å². The number of hydrogen-bond donors (Lipinski definition) is 1. The van der Waals surface area contributed by atoms with E-state index in [0.717, 1.165) is 41.6 Å². The van der Waals surface area contributed by atoms with Crippen molar-refractivity contribution in [2.24, 2.45) is 0 Å². The minimum absolute atomic E-state index is 0.153. The maximum absolute atomic E-state index is 12.9. The fraction of sp³-hybridized carbons (Fsp3) is 0.360. The molecule has 1 atom stereocenters. The van der Waals surface area contributed by atoms with Crippen LogP contribution in [0.1, 0.15) is 35.4 Å². The molecule has 4 nitrogen and oxygen atoms in total. The van der Waals surface area contributed by atoms with Gasteiger partial charge in [-0.2, -0.15) is 13.2 Å². The summed E-state index contributed by atoms with van der Waals surface area (Å²) in [4.78, 5) is 19.1. The number of nitrogens with zero attached hydrogens (tertiary/aromatic N) is 2. The fourth-order valence-electron chi connectivity index (χ4n) is 4.14. The fourth-order valence-corrected chi connectivity index (χ4v) is 4.94. The lowest BCUT2D eigenvalue weighted by Gasteiger charge is -2.24. The van der Waals surface area contributed by atoms with Gasteiger partial charge in [0.05, 0.1) is 16.3 Å². The Hall–Kier alpha value is -2.71. The van der Waals surface area contributed by atoms with Gasteiger partial charge in [0, 0.05) is 42.9 Å². The summed E-state index contributed by atoms with van der Waals surface area (Å²) in [5, 5.41) is 6.28. The third-order valence-corrected chi connectivity index (χ3v) is 6.79. The predicted molar refractivity (Wildman–Crippen MR) is 124 cm³/mol. The number of aromatic nitrogens is 1. The number of halogens is 3. The molecule has 0 unspecified atom stereocenters. The summed E-state index contributed by atoms with van der Waals surface area (Å²) in [6.07, 6.45) is -1.47. The molecule has 4 rings (SSSR count). The number of carbonyl (C=O) groups excluding carboxylic acids is 1. The van der Waals surface area contributed by atoms with Crippen LogP contribution >= 0.6 is 11.3 Å². The molecule has 0 bridgehead atoms. The van der Waals surface area contributed by atoms with Gasteiger partial charge >= 0.3 is 6.18 Å². The van der Waals surface area contributed by atoms with Gasteiger partial charge in [-0.05, 0) is 31.0 Å². The van der Waals surface area contributed by atoms with Crippen molar-refractivity contribution in [2.75, 3.05) is 13.1 Å². The molecule has 0 saturated carbocycles. The lowest BCUT2D eigenvalue weighted by Crippen LogP contribution is -2.36. The van der Waals surface area contributed by atoms with Crippen LogP contribution in [0.25, 0.3) is 11.3 Å². The number of alkyl halides is 3. The molecule has 8 heteroatoms. The first-order chi connectivity index (χ1) is 15.9. The number of likely N-dealkylation sites (tertiary alicyclic amines) is 1. The standard InChI is InChI=1S/C25H26F3N3OS/c26-25(27,28)20-8-4-5-18(15-20)16-29-13-11-21-9-10-24(32)31(21)14-12-23-30-22(17-33-23)19-6-2-1-3-7-19/h1-8,15,17,21,29H,9-14,16H2/t21-/m1/s1. The molecule has 1 aliphatic heterocycles. The number of rotatable bonds is 9. The van der Waals surface area contributed by atoms with Crippen LogP contribution < -0.4 is 5.32 Å². The highest BCUT2D eigenvalue weighted by atomic mass is 32.1. The smallest absolute Gasteiger partial charge is 0.339 e. The SMILES string of the molecule is O=C1CC[C@H](CCNCc2cccc(C(F)(F)F)c2)N1CCc1nc(-c2ccccc2)cs1. The number of nitrogens with one attached hydrogen (secondary N) is 1. The summed E-state index contributed by atoms with van der Waals surface area (Å²) in [6.45, 7) is 1.64. The molecule has 1 fully saturated rings. The van der Waals surface area contributed by atoms with E-state index in [1.165, 1.54) is 12.1 Å². The monoisotopic (exact) mass is 473 g/mol. The Morgan fingerprint density at radius 2 is 1.94 bits per heavy atom.